The molecule has 7 heteroatoms. The Morgan fingerprint density at radius 1 is 1.10 bits per heavy atom. The number of fused-ring (bicyclic) bond motifs is 1. The molecular formula is C24H23FN4O2. The first-order valence-electron chi connectivity index (χ1n) is 10.7. The van der Waals surface area contributed by atoms with Gasteiger partial charge in [-0.3, -0.25) is 4.79 Å². The normalized spacial score (nSPS) is 14.3. The van der Waals surface area contributed by atoms with Gasteiger partial charge in [0.05, 0.1) is 11.2 Å². The number of aromatic nitrogens is 3. The highest BCUT2D eigenvalue weighted by Gasteiger charge is 2.21. The van der Waals surface area contributed by atoms with E-state index in [-0.39, 0.29) is 22.7 Å². The van der Waals surface area contributed by atoms with Gasteiger partial charge in [-0.1, -0.05) is 35.5 Å². The minimum atomic E-state index is -0.373. The van der Waals surface area contributed by atoms with Crippen LogP contribution >= 0.6 is 0 Å². The molecule has 2 aromatic heterocycles. The van der Waals surface area contributed by atoms with E-state index in [1.807, 2.05) is 41.8 Å². The van der Waals surface area contributed by atoms with E-state index >= 15 is 4.39 Å². The Morgan fingerprint density at radius 3 is 2.61 bits per heavy atom. The summed E-state index contributed by atoms with van der Waals surface area (Å²) in [7, 11) is 0. The van der Waals surface area contributed by atoms with Gasteiger partial charge in [-0.2, -0.15) is 4.98 Å². The lowest BCUT2D eigenvalue weighted by molar-refractivity contribution is 0.431. The Balaban J connectivity index is 1.63. The van der Waals surface area contributed by atoms with Crippen LogP contribution in [0, 0.1) is 5.82 Å². The van der Waals surface area contributed by atoms with E-state index in [9.17, 15) is 4.79 Å². The minimum absolute atomic E-state index is 0.133. The maximum Gasteiger partial charge on any atom is 0.263 e. The van der Waals surface area contributed by atoms with E-state index in [4.69, 9.17) is 4.52 Å². The van der Waals surface area contributed by atoms with Crippen molar-refractivity contribution in [2.75, 3.05) is 18.0 Å². The van der Waals surface area contributed by atoms with Crippen molar-refractivity contribution in [3.05, 3.63) is 64.7 Å². The maximum atomic E-state index is 15.0. The molecule has 158 valence electrons. The molecule has 0 N–H and O–H groups in total. The SMILES string of the molecule is CCn1cc(-c2nc(-c3ccccc3)no2)c(=O)c2cc(F)c(N3CCCCC3)cc21. The maximum absolute atomic E-state index is 15.0. The summed E-state index contributed by atoms with van der Waals surface area (Å²) in [6, 6.07) is 12.6. The predicted molar refractivity (Wildman–Crippen MR) is 119 cm³/mol. The van der Waals surface area contributed by atoms with E-state index in [2.05, 4.69) is 15.0 Å². The fourth-order valence-electron chi connectivity index (χ4n) is 4.23. The molecule has 6 nitrogen and oxygen atoms in total. The third-order valence-electron chi connectivity index (χ3n) is 5.87. The summed E-state index contributed by atoms with van der Waals surface area (Å²) in [6.45, 7) is 4.28. The molecule has 4 aromatic rings. The summed E-state index contributed by atoms with van der Waals surface area (Å²) < 4.78 is 22.4. The lowest BCUT2D eigenvalue weighted by atomic mass is 10.1. The smallest absolute Gasteiger partial charge is 0.263 e. The fraction of sp³-hybridized carbons (Fsp3) is 0.292. The number of piperidine rings is 1. The summed E-state index contributed by atoms with van der Waals surface area (Å²) in [4.78, 5) is 19.7. The lowest BCUT2D eigenvalue weighted by Crippen LogP contribution is -2.30. The van der Waals surface area contributed by atoms with Crippen LogP contribution in [0.4, 0.5) is 10.1 Å². The third-order valence-corrected chi connectivity index (χ3v) is 5.87. The number of pyridine rings is 1. The number of aryl methyl sites for hydroxylation is 1. The highest BCUT2D eigenvalue weighted by molar-refractivity contribution is 5.86. The number of anilines is 1. The second-order valence-corrected chi connectivity index (χ2v) is 7.82. The molecule has 3 heterocycles. The third kappa shape index (κ3) is 3.50. The fourth-order valence-corrected chi connectivity index (χ4v) is 4.23. The number of halogens is 1. The molecule has 1 fully saturated rings. The van der Waals surface area contributed by atoms with Gasteiger partial charge < -0.3 is 14.0 Å². The molecule has 2 aromatic carbocycles. The highest BCUT2D eigenvalue weighted by atomic mass is 19.1. The number of benzene rings is 2. The zero-order chi connectivity index (χ0) is 21.4. The van der Waals surface area contributed by atoms with Gasteiger partial charge in [0.2, 0.25) is 11.3 Å². The molecular weight excluding hydrogens is 395 g/mol. The molecule has 0 aliphatic carbocycles. The zero-order valence-electron chi connectivity index (χ0n) is 17.3. The van der Waals surface area contributed by atoms with Gasteiger partial charge in [-0.15, -0.1) is 0 Å². The summed E-state index contributed by atoms with van der Waals surface area (Å²) in [5.41, 5.74) is 2.03. The van der Waals surface area contributed by atoms with Crippen molar-refractivity contribution >= 4 is 16.6 Å². The summed E-state index contributed by atoms with van der Waals surface area (Å²) >= 11 is 0. The van der Waals surface area contributed by atoms with Crippen molar-refractivity contribution in [1.29, 1.82) is 0 Å². The molecule has 0 unspecified atom stereocenters. The van der Waals surface area contributed by atoms with Crippen LogP contribution in [0.3, 0.4) is 0 Å². The molecule has 0 saturated carbocycles. The van der Waals surface area contributed by atoms with Gasteiger partial charge in [-0.25, -0.2) is 4.39 Å². The highest BCUT2D eigenvalue weighted by Crippen LogP contribution is 2.29. The van der Waals surface area contributed by atoms with E-state index in [0.29, 0.717) is 29.0 Å². The van der Waals surface area contributed by atoms with Gasteiger partial charge in [0.15, 0.2) is 0 Å². The Bertz CT molecular complexity index is 1290. The van der Waals surface area contributed by atoms with E-state index in [1.165, 1.54) is 12.5 Å². The predicted octanol–water partition coefficient (Wildman–Crippen LogP) is 4.87. The monoisotopic (exact) mass is 418 g/mol. The van der Waals surface area contributed by atoms with Crippen LogP contribution in [-0.2, 0) is 6.54 Å². The van der Waals surface area contributed by atoms with E-state index in [1.54, 1.807) is 12.3 Å². The van der Waals surface area contributed by atoms with Gasteiger partial charge in [0.1, 0.15) is 11.4 Å². The van der Waals surface area contributed by atoms with Crippen molar-refractivity contribution in [3.63, 3.8) is 0 Å². The van der Waals surface area contributed by atoms with Crippen LogP contribution in [0.2, 0.25) is 0 Å². The average molecular weight is 418 g/mol. The molecule has 1 saturated heterocycles. The average Bonchev–Trinajstić information content (AvgIpc) is 3.30. The van der Waals surface area contributed by atoms with Crippen LogP contribution in [-0.4, -0.2) is 27.8 Å². The first kappa shape index (κ1) is 19.5. The first-order valence-corrected chi connectivity index (χ1v) is 10.7. The molecule has 5 rings (SSSR count). The minimum Gasteiger partial charge on any atom is -0.369 e. The van der Waals surface area contributed by atoms with Crippen molar-refractivity contribution < 1.29 is 8.91 Å². The summed E-state index contributed by atoms with van der Waals surface area (Å²) in [6.07, 6.45) is 5.00. The zero-order valence-corrected chi connectivity index (χ0v) is 17.3. The van der Waals surface area contributed by atoms with Crippen LogP contribution in [0.1, 0.15) is 26.2 Å². The van der Waals surface area contributed by atoms with Crippen LogP contribution in [0.25, 0.3) is 33.7 Å². The Hall–Kier alpha value is -3.48. The molecule has 1 aliphatic rings. The quantitative estimate of drug-likeness (QED) is 0.473. The van der Waals surface area contributed by atoms with Gasteiger partial charge in [-0.05, 0) is 38.3 Å². The standard InChI is InChI=1S/C24H23FN4O2/c1-2-28-15-18(24-26-23(27-31-24)16-9-5-3-6-10-16)22(30)17-13-19(25)21(14-20(17)28)29-11-7-4-8-12-29/h3,5-6,9-10,13-15H,2,4,7-8,11-12H2,1H3. The van der Waals surface area contributed by atoms with Crippen LogP contribution in [0.15, 0.2) is 58.0 Å². The molecule has 0 radical (unpaired) electrons. The number of rotatable bonds is 4. The Labute approximate surface area is 178 Å². The van der Waals surface area contributed by atoms with Gasteiger partial charge in [0.25, 0.3) is 5.89 Å². The molecule has 31 heavy (non-hydrogen) atoms. The number of hydrogen-bond donors (Lipinski definition) is 0. The lowest BCUT2D eigenvalue weighted by Gasteiger charge is -2.29. The van der Waals surface area contributed by atoms with Gasteiger partial charge >= 0.3 is 0 Å². The van der Waals surface area contributed by atoms with Crippen molar-refractivity contribution in [3.8, 4) is 22.8 Å². The van der Waals surface area contributed by atoms with Crippen molar-refractivity contribution in [1.82, 2.24) is 14.7 Å². The van der Waals surface area contributed by atoms with E-state index < -0.39 is 0 Å². The molecule has 0 atom stereocenters. The Morgan fingerprint density at radius 2 is 1.87 bits per heavy atom. The van der Waals surface area contributed by atoms with Crippen molar-refractivity contribution in [2.45, 2.75) is 32.7 Å². The first-order chi connectivity index (χ1) is 15.2. The number of hydrogen-bond acceptors (Lipinski definition) is 5. The largest absolute Gasteiger partial charge is 0.369 e. The van der Waals surface area contributed by atoms with Crippen LogP contribution < -0.4 is 10.3 Å². The topological polar surface area (TPSA) is 64.2 Å². The van der Waals surface area contributed by atoms with E-state index in [0.717, 1.165) is 31.5 Å². The van der Waals surface area contributed by atoms with Crippen LogP contribution in [0.5, 0.6) is 0 Å². The molecule has 0 bridgehead atoms. The molecule has 0 amide bonds. The second-order valence-electron chi connectivity index (χ2n) is 7.82. The van der Waals surface area contributed by atoms with Gasteiger partial charge in [0, 0.05) is 36.8 Å². The summed E-state index contributed by atoms with van der Waals surface area (Å²) in [5.74, 6) is 0.167. The Kier molecular flexibility index (Phi) is 5.02. The molecule has 1 aliphatic heterocycles. The second kappa shape index (κ2) is 7.98. The number of nitrogens with zero attached hydrogens (tertiary/aromatic N) is 4. The molecule has 0 spiro atoms. The van der Waals surface area contributed by atoms with Crippen molar-refractivity contribution in [2.24, 2.45) is 0 Å². The summed E-state index contributed by atoms with van der Waals surface area (Å²) in [5, 5.41) is 4.33.